The molecule has 0 amide bonds. The zero-order valence-electron chi connectivity index (χ0n) is 13.8. The first-order valence-corrected chi connectivity index (χ1v) is 8.47. The van der Waals surface area contributed by atoms with Gasteiger partial charge in [-0.1, -0.05) is 6.58 Å². The Morgan fingerprint density at radius 3 is 2.11 bits per heavy atom. The van der Waals surface area contributed by atoms with E-state index in [0.29, 0.717) is 0 Å². The standard InChI is InChI=1S/C15H14F2O9S/c1-9(2)12(18)26-11-5-3-10(4-6-11)13(19)24-7-8-25-14(20)15(16,17)27(21,22)23/h3-6H,1,7-8H2,2H3,(H,21,22,23). The maximum absolute atomic E-state index is 12.9. The number of carbonyl (C=O) groups is 3. The molecular weight excluding hydrogens is 394 g/mol. The van der Waals surface area contributed by atoms with Gasteiger partial charge in [0.1, 0.15) is 19.0 Å². The zero-order valence-corrected chi connectivity index (χ0v) is 14.6. The predicted molar refractivity (Wildman–Crippen MR) is 84.6 cm³/mol. The molecule has 0 unspecified atom stereocenters. The van der Waals surface area contributed by atoms with Gasteiger partial charge in [0.2, 0.25) is 0 Å². The molecule has 0 bridgehead atoms. The molecule has 0 aliphatic heterocycles. The molecule has 1 aromatic carbocycles. The van der Waals surface area contributed by atoms with Gasteiger partial charge in [0.15, 0.2) is 0 Å². The van der Waals surface area contributed by atoms with Crippen LogP contribution in [0.15, 0.2) is 36.4 Å². The molecule has 9 nitrogen and oxygen atoms in total. The zero-order chi connectivity index (χ0) is 20.8. The third-order valence-electron chi connectivity index (χ3n) is 2.76. The van der Waals surface area contributed by atoms with Crippen molar-refractivity contribution in [3.63, 3.8) is 0 Å². The Labute approximate surface area is 152 Å². The first-order valence-electron chi connectivity index (χ1n) is 7.03. The van der Waals surface area contributed by atoms with Gasteiger partial charge < -0.3 is 14.2 Å². The number of halogens is 2. The van der Waals surface area contributed by atoms with Gasteiger partial charge in [-0.15, -0.1) is 0 Å². The predicted octanol–water partition coefficient (Wildman–Crippen LogP) is 1.35. The molecule has 0 atom stereocenters. The second kappa shape index (κ2) is 8.68. The quantitative estimate of drug-likeness (QED) is 0.222. The summed E-state index contributed by atoms with van der Waals surface area (Å²) in [5.74, 6) is -3.94. The van der Waals surface area contributed by atoms with Crippen molar-refractivity contribution in [2.75, 3.05) is 13.2 Å². The highest BCUT2D eigenvalue weighted by atomic mass is 32.2. The minimum absolute atomic E-state index is 0.0136. The van der Waals surface area contributed by atoms with Crippen LogP contribution < -0.4 is 4.74 Å². The van der Waals surface area contributed by atoms with E-state index in [0.717, 1.165) is 0 Å². The van der Waals surface area contributed by atoms with Crippen molar-refractivity contribution in [1.82, 2.24) is 0 Å². The summed E-state index contributed by atoms with van der Waals surface area (Å²) in [5.41, 5.74) is 0.187. The molecule has 0 saturated heterocycles. The Balaban J connectivity index is 2.50. The first kappa shape index (κ1) is 22.2. The van der Waals surface area contributed by atoms with E-state index in [1.54, 1.807) is 0 Å². The maximum Gasteiger partial charge on any atom is 0.465 e. The lowest BCUT2D eigenvalue weighted by Gasteiger charge is -2.12. The Morgan fingerprint density at radius 2 is 1.63 bits per heavy atom. The molecule has 0 saturated carbocycles. The molecular formula is C15H14F2O9S. The summed E-state index contributed by atoms with van der Waals surface area (Å²) in [6, 6.07) is 5.10. The fourth-order valence-electron chi connectivity index (χ4n) is 1.39. The van der Waals surface area contributed by atoms with Gasteiger partial charge >= 0.3 is 33.3 Å². The molecule has 0 aliphatic carbocycles. The van der Waals surface area contributed by atoms with Crippen LogP contribution in [0.25, 0.3) is 0 Å². The third kappa shape index (κ3) is 6.11. The van der Waals surface area contributed by atoms with Gasteiger partial charge in [0, 0.05) is 5.57 Å². The van der Waals surface area contributed by atoms with Gasteiger partial charge in [-0.25, -0.2) is 14.4 Å². The molecule has 0 aliphatic rings. The minimum Gasteiger partial charge on any atom is -0.458 e. The number of alkyl halides is 2. The number of carbonyl (C=O) groups excluding carboxylic acids is 3. The highest BCUT2D eigenvalue weighted by Gasteiger charge is 2.54. The molecule has 0 heterocycles. The monoisotopic (exact) mass is 408 g/mol. The summed E-state index contributed by atoms with van der Waals surface area (Å²) in [5, 5.41) is -5.13. The normalized spacial score (nSPS) is 11.4. The second-order valence-electron chi connectivity index (χ2n) is 4.96. The van der Waals surface area contributed by atoms with Crippen LogP contribution in [0.2, 0.25) is 0 Å². The summed E-state index contributed by atoms with van der Waals surface area (Å²) in [4.78, 5) is 34.0. The van der Waals surface area contributed by atoms with E-state index in [4.69, 9.17) is 9.29 Å². The Bertz CT molecular complexity index is 845. The van der Waals surface area contributed by atoms with Crippen LogP contribution in [0.5, 0.6) is 5.75 Å². The fourth-order valence-corrected chi connectivity index (χ4v) is 1.66. The molecule has 0 fully saturated rings. The highest BCUT2D eigenvalue weighted by Crippen LogP contribution is 2.22. The summed E-state index contributed by atoms with van der Waals surface area (Å²) >= 11 is 0. The van der Waals surface area contributed by atoms with E-state index in [2.05, 4.69) is 16.1 Å². The number of esters is 3. The summed E-state index contributed by atoms with van der Waals surface area (Å²) in [7, 11) is -5.97. The Hall–Kier alpha value is -2.86. The molecule has 27 heavy (non-hydrogen) atoms. The average Bonchev–Trinajstić information content (AvgIpc) is 2.57. The van der Waals surface area contributed by atoms with E-state index < -0.39 is 46.5 Å². The van der Waals surface area contributed by atoms with Crippen molar-refractivity contribution in [2.24, 2.45) is 0 Å². The summed E-state index contributed by atoms with van der Waals surface area (Å²) in [6.07, 6.45) is 0. The smallest absolute Gasteiger partial charge is 0.458 e. The van der Waals surface area contributed by atoms with E-state index in [9.17, 15) is 31.6 Å². The summed E-state index contributed by atoms with van der Waals surface area (Å²) in [6.45, 7) is 3.33. The lowest BCUT2D eigenvalue weighted by atomic mass is 10.2. The Morgan fingerprint density at radius 1 is 1.11 bits per heavy atom. The minimum atomic E-state index is -5.97. The molecule has 1 rings (SSSR count). The maximum atomic E-state index is 12.9. The number of rotatable bonds is 8. The summed E-state index contributed by atoms with van der Waals surface area (Å²) < 4.78 is 68.2. The second-order valence-corrected chi connectivity index (χ2v) is 6.42. The van der Waals surface area contributed by atoms with E-state index >= 15 is 0 Å². The topological polar surface area (TPSA) is 133 Å². The molecule has 1 N–H and O–H groups in total. The number of benzene rings is 1. The third-order valence-corrected chi connectivity index (χ3v) is 3.57. The highest BCUT2D eigenvalue weighted by molar-refractivity contribution is 7.87. The van der Waals surface area contributed by atoms with E-state index in [1.165, 1.54) is 31.2 Å². The van der Waals surface area contributed by atoms with Gasteiger partial charge in [0.05, 0.1) is 5.56 Å². The van der Waals surface area contributed by atoms with Crippen LogP contribution in [0, 0.1) is 0 Å². The van der Waals surface area contributed by atoms with E-state index in [1.807, 2.05) is 0 Å². The lowest BCUT2D eigenvalue weighted by molar-refractivity contribution is -0.162. The van der Waals surface area contributed by atoms with Crippen LogP contribution in [0.4, 0.5) is 8.78 Å². The first-order chi connectivity index (χ1) is 12.4. The van der Waals surface area contributed by atoms with Crippen molar-refractivity contribution in [3.8, 4) is 5.75 Å². The van der Waals surface area contributed by atoms with Gasteiger partial charge in [-0.2, -0.15) is 17.2 Å². The fraction of sp³-hybridized carbons (Fsp3) is 0.267. The van der Waals surface area contributed by atoms with Crippen LogP contribution in [0.3, 0.4) is 0 Å². The van der Waals surface area contributed by atoms with Crippen molar-refractivity contribution < 1.29 is 50.3 Å². The molecule has 0 spiro atoms. The average molecular weight is 408 g/mol. The Kier molecular flexibility index (Phi) is 7.13. The molecule has 0 aromatic heterocycles. The van der Waals surface area contributed by atoms with Crippen LogP contribution >= 0.6 is 0 Å². The molecule has 12 heteroatoms. The molecule has 0 radical (unpaired) electrons. The lowest BCUT2D eigenvalue weighted by Crippen LogP contribution is -2.39. The number of hydrogen-bond donors (Lipinski definition) is 1. The van der Waals surface area contributed by atoms with Crippen molar-refractivity contribution in [1.29, 1.82) is 0 Å². The SMILES string of the molecule is C=C(C)C(=O)Oc1ccc(C(=O)OCCOC(=O)C(F)(F)S(=O)(=O)O)cc1. The van der Waals surface area contributed by atoms with Crippen LogP contribution in [-0.4, -0.2) is 49.3 Å². The molecule has 1 aromatic rings. The van der Waals surface area contributed by atoms with E-state index in [-0.39, 0.29) is 16.9 Å². The van der Waals surface area contributed by atoms with Crippen molar-refractivity contribution in [3.05, 3.63) is 42.0 Å². The van der Waals surface area contributed by atoms with Crippen LogP contribution in [-0.2, 0) is 29.2 Å². The molecule has 148 valence electrons. The van der Waals surface area contributed by atoms with Gasteiger partial charge in [-0.3, -0.25) is 4.55 Å². The largest absolute Gasteiger partial charge is 0.465 e. The van der Waals surface area contributed by atoms with Crippen molar-refractivity contribution in [2.45, 2.75) is 12.2 Å². The number of hydrogen-bond acceptors (Lipinski definition) is 8. The van der Waals surface area contributed by atoms with Gasteiger partial charge in [-0.05, 0) is 31.2 Å². The van der Waals surface area contributed by atoms with Gasteiger partial charge in [0.25, 0.3) is 0 Å². The van der Waals surface area contributed by atoms with Crippen LogP contribution in [0.1, 0.15) is 17.3 Å². The van der Waals surface area contributed by atoms with Crippen molar-refractivity contribution >= 4 is 28.0 Å². The number of ether oxygens (including phenoxy) is 3.